The molecule has 0 fully saturated rings. The van der Waals surface area contributed by atoms with E-state index in [2.05, 4.69) is 26.5 Å². The molecule has 0 amide bonds. The van der Waals surface area contributed by atoms with Crippen molar-refractivity contribution in [1.29, 1.82) is 5.26 Å². The molecule has 0 aliphatic carbocycles. The van der Waals surface area contributed by atoms with Gasteiger partial charge < -0.3 is 0 Å². The summed E-state index contributed by atoms with van der Waals surface area (Å²) in [4.78, 5) is 1.70. The molecule has 22 heavy (non-hydrogen) atoms. The number of thiophene rings is 1. The molecule has 0 spiro atoms. The number of nitriles is 1. The lowest BCUT2D eigenvalue weighted by molar-refractivity contribution is 0.958. The van der Waals surface area contributed by atoms with Crippen LogP contribution in [0.4, 0.5) is 0 Å². The van der Waals surface area contributed by atoms with E-state index in [1.165, 1.54) is 11.3 Å². The maximum atomic E-state index is 8.80. The molecule has 0 atom stereocenters. The van der Waals surface area contributed by atoms with Crippen molar-refractivity contribution in [1.82, 2.24) is 20.4 Å². The Labute approximate surface area is 131 Å². The molecular formula is C16H11N5S. The average molecular weight is 305 g/mol. The predicted molar refractivity (Wildman–Crippen MR) is 85.8 cm³/mol. The third-order valence-corrected chi connectivity index (χ3v) is 3.86. The van der Waals surface area contributed by atoms with Crippen LogP contribution in [0, 0.1) is 18.3 Å². The van der Waals surface area contributed by atoms with Crippen LogP contribution in [0.3, 0.4) is 0 Å². The van der Waals surface area contributed by atoms with Gasteiger partial charge in [0, 0.05) is 4.88 Å². The van der Waals surface area contributed by atoms with Gasteiger partial charge in [0.15, 0.2) is 0 Å². The molecule has 5 nitrogen and oxygen atoms in total. The van der Waals surface area contributed by atoms with Crippen LogP contribution in [0.2, 0.25) is 0 Å². The van der Waals surface area contributed by atoms with E-state index in [4.69, 9.17) is 5.26 Å². The smallest absolute Gasteiger partial charge is 0.113 e. The molecule has 3 heterocycles. The van der Waals surface area contributed by atoms with Crippen molar-refractivity contribution in [3.63, 3.8) is 0 Å². The normalized spacial score (nSPS) is 10.7. The molecule has 0 N–H and O–H groups in total. The summed E-state index contributed by atoms with van der Waals surface area (Å²) in [6.07, 6.45) is 3.78. The lowest BCUT2D eigenvalue weighted by atomic mass is 10.2. The largest absolute Gasteiger partial charge is 0.192 e. The number of aryl methyl sites for hydroxylation is 1. The van der Waals surface area contributed by atoms with E-state index in [9.17, 15) is 0 Å². The second kappa shape index (κ2) is 6.24. The summed E-state index contributed by atoms with van der Waals surface area (Å²) >= 11 is 1.44. The van der Waals surface area contributed by atoms with E-state index in [0.29, 0.717) is 16.3 Å². The number of nitrogens with zero attached hydrogens (tertiary/aromatic N) is 5. The molecule has 0 aliphatic heterocycles. The van der Waals surface area contributed by atoms with E-state index >= 15 is 0 Å². The average Bonchev–Trinajstić information content (AvgIpc) is 3.02. The van der Waals surface area contributed by atoms with Crippen LogP contribution >= 0.6 is 11.3 Å². The standard InChI is InChI=1S/C16H11N5S/c1-11-2-8-15(20-18-11)16-9-4-12(19-21-16)3-5-13-6-7-14(10-17)22-13/h2-9H,1H3. The van der Waals surface area contributed by atoms with Crippen LogP contribution in [0.15, 0.2) is 36.4 Å². The molecular weight excluding hydrogens is 294 g/mol. The van der Waals surface area contributed by atoms with Crippen molar-refractivity contribution in [3.8, 4) is 17.5 Å². The molecule has 0 aliphatic rings. The Balaban J connectivity index is 1.76. The summed E-state index contributed by atoms with van der Waals surface area (Å²) in [5, 5.41) is 25.2. The first-order valence-electron chi connectivity index (χ1n) is 6.57. The monoisotopic (exact) mass is 305 g/mol. The summed E-state index contributed by atoms with van der Waals surface area (Å²) in [5.41, 5.74) is 3.00. The van der Waals surface area contributed by atoms with Gasteiger partial charge in [0.05, 0.1) is 11.4 Å². The maximum absolute atomic E-state index is 8.80. The second-order valence-electron chi connectivity index (χ2n) is 4.55. The highest BCUT2D eigenvalue weighted by Gasteiger charge is 2.02. The van der Waals surface area contributed by atoms with Crippen LogP contribution in [-0.4, -0.2) is 20.4 Å². The summed E-state index contributed by atoms with van der Waals surface area (Å²) in [7, 11) is 0. The van der Waals surface area contributed by atoms with E-state index in [-0.39, 0.29) is 0 Å². The van der Waals surface area contributed by atoms with Crippen LogP contribution in [0.1, 0.15) is 21.1 Å². The number of hydrogen-bond acceptors (Lipinski definition) is 6. The summed E-state index contributed by atoms with van der Waals surface area (Å²) in [6.45, 7) is 1.89. The van der Waals surface area contributed by atoms with Gasteiger partial charge in [-0.3, -0.25) is 0 Å². The van der Waals surface area contributed by atoms with Gasteiger partial charge >= 0.3 is 0 Å². The van der Waals surface area contributed by atoms with Gasteiger partial charge in [0.1, 0.15) is 22.3 Å². The molecule has 0 saturated heterocycles. The number of rotatable bonds is 3. The first-order chi connectivity index (χ1) is 10.7. The Kier molecular flexibility index (Phi) is 3.99. The minimum atomic E-state index is 0.688. The van der Waals surface area contributed by atoms with Crippen LogP contribution in [0.25, 0.3) is 23.5 Å². The summed E-state index contributed by atoms with van der Waals surface area (Å²) < 4.78 is 0. The van der Waals surface area contributed by atoms with Crippen LogP contribution < -0.4 is 0 Å². The number of aromatic nitrogens is 4. The SMILES string of the molecule is Cc1ccc(-c2ccc(C=Cc3ccc(C#N)s3)nn2)nn1. The van der Waals surface area contributed by atoms with Gasteiger partial charge in [0.2, 0.25) is 0 Å². The highest BCUT2D eigenvalue weighted by molar-refractivity contribution is 7.13. The Morgan fingerprint density at radius 3 is 2.27 bits per heavy atom. The summed E-state index contributed by atoms with van der Waals surface area (Å²) in [5.74, 6) is 0. The third-order valence-electron chi connectivity index (χ3n) is 2.90. The molecule has 106 valence electrons. The molecule has 6 heteroatoms. The van der Waals surface area contributed by atoms with E-state index in [1.807, 2.05) is 49.4 Å². The van der Waals surface area contributed by atoms with Crippen molar-refractivity contribution in [2.45, 2.75) is 6.92 Å². The maximum Gasteiger partial charge on any atom is 0.113 e. The van der Waals surface area contributed by atoms with Gasteiger partial charge in [-0.1, -0.05) is 0 Å². The van der Waals surface area contributed by atoms with E-state index in [1.54, 1.807) is 6.07 Å². The van der Waals surface area contributed by atoms with Gasteiger partial charge in [-0.15, -0.1) is 21.5 Å². The zero-order valence-corrected chi connectivity index (χ0v) is 12.6. The fourth-order valence-corrected chi connectivity index (χ4v) is 2.48. The molecule has 0 aromatic carbocycles. The quantitative estimate of drug-likeness (QED) is 0.741. The fraction of sp³-hybridized carbons (Fsp3) is 0.0625. The second-order valence-corrected chi connectivity index (χ2v) is 5.67. The van der Waals surface area contributed by atoms with E-state index in [0.717, 1.165) is 16.3 Å². The molecule has 3 rings (SSSR count). The van der Waals surface area contributed by atoms with Gasteiger partial charge in [-0.2, -0.15) is 15.5 Å². The first-order valence-corrected chi connectivity index (χ1v) is 7.39. The van der Waals surface area contributed by atoms with Gasteiger partial charge in [0.25, 0.3) is 0 Å². The van der Waals surface area contributed by atoms with Gasteiger partial charge in [-0.25, -0.2) is 0 Å². The van der Waals surface area contributed by atoms with Crippen molar-refractivity contribution >= 4 is 23.5 Å². The van der Waals surface area contributed by atoms with Crippen molar-refractivity contribution in [2.24, 2.45) is 0 Å². The Morgan fingerprint density at radius 1 is 0.909 bits per heavy atom. The highest BCUT2D eigenvalue weighted by atomic mass is 32.1. The minimum absolute atomic E-state index is 0.688. The third kappa shape index (κ3) is 3.22. The van der Waals surface area contributed by atoms with Gasteiger partial charge in [-0.05, 0) is 55.5 Å². The topological polar surface area (TPSA) is 75.3 Å². The molecule has 0 radical (unpaired) electrons. The first kappa shape index (κ1) is 14.0. The fourth-order valence-electron chi connectivity index (χ4n) is 1.77. The predicted octanol–water partition coefficient (Wildman–Crippen LogP) is 3.35. The zero-order valence-electron chi connectivity index (χ0n) is 11.8. The Bertz CT molecular complexity index is 841. The highest BCUT2D eigenvalue weighted by Crippen LogP contribution is 2.18. The Hall–Kier alpha value is -2.91. The lowest BCUT2D eigenvalue weighted by Gasteiger charge is -1.98. The van der Waals surface area contributed by atoms with Crippen molar-refractivity contribution < 1.29 is 0 Å². The molecule has 3 aromatic rings. The van der Waals surface area contributed by atoms with Crippen LogP contribution in [0.5, 0.6) is 0 Å². The zero-order chi connectivity index (χ0) is 15.4. The van der Waals surface area contributed by atoms with E-state index < -0.39 is 0 Å². The number of hydrogen-bond donors (Lipinski definition) is 0. The van der Waals surface area contributed by atoms with Crippen molar-refractivity contribution in [2.75, 3.05) is 0 Å². The molecule has 0 unspecified atom stereocenters. The summed E-state index contributed by atoms with van der Waals surface area (Å²) in [6, 6.07) is 13.3. The lowest BCUT2D eigenvalue weighted by Crippen LogP contribution is -1.94. The van der Waals surface area contributed by atoms with Crippen molar-refractivity contribution in [3.05, 3.63) is 57.5 Å². The van der Waals surface area contributed by atoms with Crippen LogP contribution in [-0.2, 0) is 0 Å². The molecule has 0 saturated carbocycles. The molecule has 0 bridgehead atoms. The minimum Gasteiger partial charge on any atom is -0.192 e. The molecule has 3 aromatic heterocycles. The Morgan fingerprint density at radius 2 is 1.68 bits per heavy atom.